The van der Waals surface area contributed by atoms with Crippen LogP contribution in [0.2, 0.25) is 5.02 Å². The number of aryl methyl sites for hydroxylation is 1. The van der Waals surface area contributed by atoms with E-state index in [0.29, 0.717) is 22.1 Å². The first-order chi connectivity index (χ1) is 8.00. The number of hydrogen-bond donors (Lipinski definition) is 0. The van der Waals surface area contributed by atoms with Crippen molar-refractivity contribution < 1.29 is 4.79 Å². The van der Waals surface area contributed by atoms with Gasteiger partial charge in [-0.05, 0) is 26.8 Å². The summed E-state index contributed by atoms with van der Waals surface area (Å²) in [7, 11) is 0. The first-order valence-corrected chi connectivity index (χ1v) is 5.57. The lowest BCUT2D eigenvalue weighted by molar-refractivity contribution is 0.101. The Labute approximate surface area is 104 Å². The van der Waals surface area contributed by atoms with Crippen LogP contribution in [0, 0.1) is 13.8 Å². The van der Waals surface area contributed by atoms with Gasteiger partial charge in [0.2, 0.25) is 0 Å². The SMILES string of the molecule is CC(=O)c1c(C)nn(-c2cc(Cl)ccn2)c1C. The fourth-order valence-electron chi connectivity index (χ4n) is 1.88. The standard InChI is InChI=1S/C12H12ClN3O/c1-7-12(9(3)17)8(2)16(15-7)11-6-10(13)4-5-14-11/h4-6H,1-3H3. The van der Waals surface area contributed by atoms with Crippen LogP contribution in [0.15, 0.2) is 18.3 Å². The molecule has 0 fully saturated rings. The molecular weight excluding hydrogens is 238 g/mol. The number of carbonyl (C=O) groups is 1. The molecule has 0 unspecified atom stereocenters. The van der Waals surface area contributed by atoms with Gasteiger partial charge in [-0.3, -0.25) is 4.79 Å². The maximum absolute atomic E-state index is 11.5. The molecule has 4 nitrogen and oxygen atoms in total. The normalized spacial score (nSPS) is 10.6. The Kier molecular flexibility index (Phi) is 2.98. The van der Waals surface area contributed by atoms with Crippen molar-refractivity contribution in [3.05, 3.63) is 40.3 Å². The van der Waals surface area contributed by atoms with E-state index in [-0.39, 0.29) is 5.78 Å². The maximum Gasteiger partial charge on any atom is 0.163 e. The largest absolute Gasteiger partial charge is 0.294 e. The zero-order chi connectivity index (χ0) is 12.6. The third-order valence-electron chi connectivity index (χ3n) is 2.57. The molecule has 0 spiro atoms. The lowest BCUT2D eigenvalue weighted by Crippen LogP contribution is -2.03. The molecule has 2 aromatic heterocycles. The molecular formula is C12H12ClN3O. The molecule has 0 bridgehead atoms. The van der Waals surface area contributed by atoms with Crippen molar-refractivity contribution in [1.29, 1.82) is 0 Å². The zero-order valence-corrected chi connectivity index (χ0v) is 10.6. The molecule has 0 saturated heterocycles. The molecule has 0 N–H and O–H groups in total. The number of rotatable bonds is 2. The minimum Gasteiger partial charge on any atom is -0.294 e. The van der Waals surface area contributed by atoms with E-state index in [1.54, 1.807) is 23.0 Å². The highest BCUT2D eigenvalue weighted by atomic mass is 35.5. The monoisotopic (exact) mass is 249 g/mol. The molecule has 0 atom stereocenters. The van der Waals surface area contributed by atoms with Gasteiger partial charge in [0.1, 0.15) is 0 Å². The third kappa shape index (κ3) is 2.08. The first-order valence-electron chi connectivity index (χ1n) is 5.20. The number of nitrogens with zero attached hydrogens (tertiary/aromatic N) is 3. The van der Waals surface area contributed by atoms with Crippen LogP contribution in [-0.4, -0.2) is 20.5 Å². The predicted molar refractivity (Wildman–Crippen MR) is 65.8 cm³/mol. The van der Waals surface area contributed by atoms with Crippen molar-refractivity contribution in [3.63, 3.8) is 0 Å². The lowest BCUT2D eigenvalue weighted by Gasteiger charge is -2.03. The first kappa shape index (κ1) is 11.8. The second kappa shape index (κ2) is 4.30. The third-order valence-corrected chi connectivity index (χ3v) is 2.80. The summed E-state index contributed by atoms with van der Waals surface area (Å²) in [6.07, 6.45) is 1.61. The van der Waals surface area contributed by atoms with Crippen LogP contribution in [0.4, 0.5) is 0 Å². The Bertz CT molecular complexity index is 589. The van der Waals surface area contributed by atoms with E-state index in [2.05, 4.69) is 10.1 Å². The summed E-state index contributed by atoms with van der Waals surface area (Å²) in [5, 5.41) is 4.91. The van der Waals surface area contributed by atoms with Gasteiger partial charge < -0.3 is 0 Å². The highest BCUT2D eigenvalue weighted by molar-refractivity contribution is 6.30. The molecule has 88 valence electrons. The van der Waals surface area contributed by atoms with Crippen molar-refractivity contribution in [1.82, 2.24) is 14.8 Å². The van der Waals surface area contributed by atoms with Crippen LogP contribution in [0.5, 0.6) is 0 Å². The van der Waals surface area contributed by atoms with Crippen LogP contribution in [-0.2, 0) is 0 Å². The number of halogens is 1. The summed E-state index contributed by atoms with van der Waals surface area (Å²) in [5.74, 6) is 0.624. The van der Waals surface area contributed by atoms with E-state index in [1.807, 2.05) is 13.8 Å². The molecule has 0 amide bonds. The van der Waals surface area contributed by atoms with Gasteiger partial charge in [0.15, 0.2) is 11.6 Å². The van der Waals surface area contributed by atoms with Crippen LogP contribution >= 0.6 is 11.6 Å². The zero-order valence-electron chi connectivity index (χ0n) is 9.86. The molecule has 17 heavy (non-hydrogen) atoms. The molecule has 0 aliphatic heterocycles. The van der Waals surface area contributed by atoms with E-state index < -0.39 is 0 Å². The van der Waals surface area contributed by atoms with Gasteiger partial charge in [0, 0.05) is 17.3 Å². The summed E-state index contributed by atoms with van der Waals surface area (Å²) >= 11 is 5.91. The quantitative estimate of drug-likeness (QED) is 0.769. The second-order valence-electron chi connectivity index (χ2n) is 3.85. The van der Waals surface area contributed by atoms with Crippen LogP contribution in [0.1, 0.15) is 28.7 Å². The van der Waals surface area contributed by atoms with E-state index in [1.165, 1.54) is 6.92 Å². The molecule has 0 aromatic carbocycles. The molecule has 2 rings (SSSR count). The van der Waals surface area contributed by atoms with Crippen molar-refractivity contribution in [2.45, 2.75) is 20.8 Å². The van der Waals surface area contributed by atoms with Gasteiger partial charge in [-0.1, -0.05) is 11.6 Å². The van der Waals surface area contributed by atoms with Crippen molar-refractivity contribution in [2.75, 3.05) is 0 Å². The lowest BCUT2D eigenvalue weighted by atomic mass is 10.1. The molecule has 5 heteroatoms. The summed E-state index contributed by atoms with van der Waals surface area (Å²) in [4.78, 5) is 15.7. The number of aromatic nitrogens is 3. The molecule has 2 heterocycles. The highest BCUT2D eigenvalue weighted by Crippen LogP contribution is 2.18. The van der Waals surface area contributed by atoms with E-state index in [0.717, 1.165) is 5.69 Å². The van der Waals surface area contributed by atoms with E-state index in [9.17, 15) is 4.79 Å². The average molecular weight is 250 g/mol. The van der Waals surface area contributed by atoms with E-state index >= 15 is 0 Å². The van der Waals surface area contributed by atoms with Gasteiger partial charge in [0.25, 0.3) is 0 Å². The number of hydrogen-bond acceptors (Lipinski definition) is 3. The Morgan fingerprint density at radius 2 is 2.12 bits per heavy atom. The van der Waals surface area contributed by atoms with Gasteiger partial charge >= 0.3 is 0 Å². The van der Waals surface area contributed by atoms with E-state index in [4.69, 9.17) is 11.6 Å². The molecule has 0 aliphatic carbocycles. The fourth-order valence-corrected chi connectivity index (χ4v) is 2.04. The molecule has 0 saturated carbocycles. The molecule has 0 aliphatic rings. The Morgan fingerprint density at radius 1 is 1.41 bits per heavy atom. The highest BCUT2D eigenvalue weighted by Gasteiger charge is 2.16. The van der Waals surface area contributed by atoms with Crippen LogP contribution in [0.3, 0.4) is 0 Å². The topological polar surface area (TPSA) is 47.8 Å². The maximum atomic E-state index is 11.5. The molecule has 2 aromatic rings. The summed E-state index contributed by atoms with van der Waals surface area (Å²) in [6.45, 7) is 5.19. The Balaban J connectivity index is 2.62. The van der Waals surface area contributed by atoms with Gasteiger partial charge in [-0.2, -0.15) is 5.10 Å². The van der Waals surface area contributed by atoms with Crippen molar-refractivity contribution >= 4 is 17.4 Å². The molecule has 0 radical (unpaired) electrons. The fraction of sp³-hybridized carbons (Fsp3) is 0.250. The van der Waals surface area contributed by atoms with Gasteiger partial charge in [-0.15, -0.1) is 0 Å². The number of carbonyl (C=O) groups excluding carboxylic acids is 1. The van der Waals surface area contributed by atoms with Crippen molar-refractivity contribution in [2.24, 2.45) is 0 Å². The van der Waals surface area contributed by atoms with Crippen molar-refractivity contribution in [3.8, 4) is 5.82 Å². The smallest absolute Gasteiger partial charge is 0.163 e. The van der Waals surface area contributed by atoms with Crippen LogP contribution in [0.25, 0.3) is 5.82 Å². The minimum atomic E-state index is 0.00766. The second-order valence-corrected chi connectivity index (χ2v) is 4.28. The predicted octanol–water partition coefficient (Wildman–Crippen LogP) is 2.74. The summed E-state index contributed by atoms with van der Waals surface area (Å²) < 4.78 is 1.64. The summed E-state index contributed by atoms with van der Waals surface area (Å²) in [5.41, 5.74) is 2.13. The van der Waals surface area contributed by atoms with Gasteiger partial charge in [0.05, 0.1) is 17.0 Å². The number of Topliss-reactive ketones (excluding diaryl/α,β-unsaturated/α-hetero) is 1. The summed E-state index contributed by atoms with van der Waals surface area (Å²) in [6, 6.07) is 3.41. The number of pyridine rings is 1. The Hall–Kier alpha value is -1.68. The average Bonchev–Trinajstić information content (AvgIpc) is 2.54. The Morgan fingerprint density at radius 3 is 2.65 bits per heavy atom. The number of ketones is 1. The van der Waals surface area contributed by atoms with Crippen LogP contribution < -0.4 is 0 Å². The minimum absolute atomic E-state index is 0.00766. The van der Waals surface area contributed by atoms with Gasteiger partial charge in [-0.25, -0.2) is 9.67 Å².